The second-order valence-electron chi connectivity index (χ2n) is 23.2. The quantitative estimate of drug-likeness (QED) is 0.0204. The van der Waals surface area contributed by atoms with Crippen LogP contribution in [0.1, 0.15) is 258 Å². The van der Waals surface area contributed by atoms with Crippen LogP contribution in [0.4, 0.5) is 0 Å². The summed E-state index contributed by atoms with van der Waals surface area (Å²) in [5, 5.41) is 87.2. The van der Waals surface area contributed by atoms with Crippen LogP contribution in [-0.4, -0.2) is 140 Å². The number of aliphatic hydroxyl groups excluding tert-OH is 8. The average molecular weight is 1160 g/mol. The van der Waals surface area contributed by atoms with Gasteiger partial charge in [-0.1, -0.05) is 247 Å². The average Bonchev–Trinajstić information content (AvgIpc) is 3.49. The smallest absolute Gasteiger partial charge is 0.220 e. The number of hydrogen-bond donors (Lipinski definition) is 9. The third kappa shape index (κ3) is 37.1. The Morgan fingerprint density at radius 1 is 0.451 bits per heavy atom. The third-order valence-electron chi connectivity index (χ3n) is 15.9. The van der Waals surface area contributed by atoms with Gasteiger partial charge >= 0.3 is 0 Å². The van der Waals surface area contributed by atoms with Crippen molar-refractivity contribution < 1.29 is 64.6 Å². The van der Waals surface area contributed by atoms with E-state index in [1.807, 2.05) is 6.08 Å². The van der Waals surface area contributed by atoms with E-state index < -0.39 is 86.8 Å². The van der Waals surface area contributed by atoms with Gasteiger partial charge in [0.2, 0.25) is 5.91 Å². The van der Waals surface area contributed by atoms with E-state index in [9.17, 15) is 45.6 Å². The minimum Gasteiger partial charge on any atom is -0.394 e. The third-order valence-corrected chi connectivity index (χ3v) is 15.9. The van der Waals surface area contributed by atoms with E-state index >= 15 is 0 Å². The van der Waals surface area contributed by atoms with E-state index in [1.54, 1.807) is 6.08 Å². The van der Waals surface area contributed by atoms with Gasteiger partial charge in [-0.25, -0.2) is 0 Å². The van der Waals surface area contributed by atoms with Crippen LogP contribution in [0.25, 0.3) is 0 Å². The molecule has 2 fully saturated rings. The van der Waals surface area contributed by atoms with E-state index in [0.717, 1.165) is 83.5 Å². The lowest BCUT2D eigenvalue weighted by Crippen LogP contribution is -2.65. The zero-order valence-corrected chi connectivity index (χ0v) is 51.5. The molecule has 2 heterocycles. The molecule has 0 aromatic heterocycles. The van der Waals surface area contributed by atoms with Crippen LogP contribution in [0.2, 0.25) is 0 Å². The van der Waals surface area contributed by atoms with Crippen molar-refractivity contribution in [2.75, 3.05) is 19.8 Å². The summed E-state index contributed by atoms with van der Waals surface area (Å²) in [7, 11) is 0. The van der Waals surface area contributed by atoms with Gasteiger partial charge in [0.25, 0.3) is 0 Å². The van der Waals surface area contributed by atoms with Crippen molar-refractivity contribution in [3.8, 4) is 0 Å². The maximum Gasteiger partial charge on any atom is 0.220 e. The topological polar surface area (TPSA) is 228 Å². The molecule has 0 aliphatic carbocycles. The molecule has 14 nitrogen and oxygen atoms in total. The Labute approximate surface area is 498 Å². The molecular formula is C68H121NO13. The van der Waals surface area contributed by atoms with Crippen molar-refractivity contribution in [1.82, 2.24) is 5.32 Å². The van der Waals surface area contributed by atoms with E-state index in [2.05, 4.69) is 79.9 Å². The van der Waals surface area contributed by atoms with Crippen LogP contribution < -0.4 is 5.32 Å². The highest BCUT2D eigenvalue weighted by Crippen LogP contribution is 2.30. The van der Waals surface area contributed by atoms with Crippen LogP contribution in [-0.2, 0) is 23.7 Å². The first kappa shape index (κ1) is 75.5. The Bertz CT molecular complexity index is 1650. The summed E-state index contributed by atoms with van der Waals surface area (Å²) >= 11 is 0. The number of rotatable bonds is 53. The van der Waals surface area contributed by atoms with Crippen molar-refractivity contribution in [3.05, 3.63) is 72.9 Å². The maximum absolute atomic E-state index is 13.3. The van der Waals surface area contributed by atoms with Gasteiger partial charge in [0.15, 0.2) is 12.6 Å². The van der Waals surface area contributed by atoms with Crippen molar-refractivity contribution in [2.45, 2.75) is 331 Å². The molecule has 82 heavy (non-hydrogen) atoms. The molecule has 2 aliphatic rings. The highest BCUT2D eigenvalue weighted by atomic mass is 16.7. The normalized spacial score (nSPS) is 24.4. The van der Waals surface area contributed by atoms with Crippen LogP contribution in [0.3, 0.4) is 0 Å². The molecular weight excluding hydrogens is 1040 g/mol. The van der Waals surface area contributed by atoms with Crippen LogP contribution in [0.15, 0.2) is 72.9 Å². The van der Waals surface area contributed by atoms with Crippen molar-refractivity contribution in [1.29, 1.82) is 0 Å². The Morgan fingerprint density at radius 2 is 0.854 bits per heavy atom. The van der Waals surface area contributed by atoms with Crippen LogP contribution >= 0.6 is 0 Å². The minimum atomic E-state index is -1.80. The number of allylic oxidation sites excluding steroid dienone is 11. The fraction of sp³-hybridized carbons (Fsp3) is 0.809. The minimum absolute atomic E-state index is 0.255. The molecule has 12 atom stereocenters. The van der Waals surface area contributed by atoms with Gasteiger partial charge in [0, 0.05) is 6.42 Å². The summed E-state index contributed by atoms with van der Waals surface area (Å²) in [6, 6.07) is -0.948. The molecule has 14 heteroatoms. The Kier molecular flexibility index (Phi) is 48.6. The fourth-order valence-corrected chi connectivity index (χ4v) is 10.6. The summed E-state index contributed by atoms with van der Waals surface area (Å²) < 4.78 is 22.8. The maximum atomic E-state index is 13.3. The molecule has 0 saturated carbocycles. The summed E-state index contributed by atoms with van der Waals surface area (Å²) in [5.74, 6) is -0.264. The zero-order chi connectivity index (χ0) is 59.5. The second-order valence-corrected chi connectivity index (χ2v) is 23.2. The monoisotopic (exact) mass is 1160 g/mol. The van der Waals surface area contributed by atoms with Gasteiger partial charge in [0.05, 0.1) is 32.0 Å². The van der Waals surface area contributed by atoms with Gasteiger partial charge in [-0.3, -0.25) is 4.79 Å². The molecule has 0 aromatic carbocycles. The molecule has 1 amide bonds. The zero-order valence-electron chi connectivity index (χ0n) is 51.5. The van der Waals surface area contributed by atoms with Gasteiger partial charge in [-0.05, 0) is 77.0 Å². The van der Waals surface area contributed by atoms with Crippen LogP contribution in [0, 0.1) is 0 Å². The molecule has 9 N–H and O–H groups in total. The molecule has 2 saturated heterocycles. The van der Waals surface area contributed by atoms with Crippen molar-refractivity contribution in [2.24, 2.45) is 0 Å². The highest BCUT2D eigenvalue weighted by molar-refractivity contribution is 5.76. The summed E-state index contributed by atoms with van der Waals surface area (Å²) in [6.45, 7) is 2.67. The summed E-state index contributed by atoms with van der Waals surface area (Å²) in [5.41, 5.74) is 0. The van der Waals surface area contributed by atoms with Crippen molar-refractivity contribution in [3.63, 3.8) is 0 Å². The number of unbranched alkanes of at least 4 members (excludes halogenated alkanes) is 30. The summed E-state index contributed by atoms with van der Waals surface area (Å²) in [4.78, 5) is 13.3. The number of carbonyl (C=O) groups is 1. The first-order valence-corrected chi connectivity index (χ1v) is 33.2. The molecule has 2 rings (SSSR count). The molecule has 2 aliphatic heterocycles. The SMILES string of the molecule is CC/C=C\C/C=C\C/C=C\CCCCCCCCCC(=O)NC(COC1OC(CO)C(OC2OC(CO)C(O)C(O)C2O)C(O)C1O)C(O)/C=C/CC/C=C/CC/C=C/CCCCCCCCCCCCCCCCCCCCCCC. The van der Waals surface area contributed by atoms with Crippen molar-refractivity contribution >= 4 is 5.91 Å². The lowest BCUT2D eigenvalue weighted by atomic mass is 9.97. The Morgan fingerprint density at radius 3 is 1.34 bits per heavy atom. The number of carbonyl (C=O) groups excluding carboxylic acids is 1. The number of ether oxygens (including phenoxy) is 4. The number of hydrogen-bond acceptors (Lipinski definition) is 13. The fourth-order valence-electron chi connectivity index (χ4n) is 10.6. The van der Waals surface area contributed by atoms with Gasteiger partial charge in [0.1, 0.15) is 48.8 Å². The van der Waals surface area contributed by atoms with E-state index in [4.69, 9.17) is 18.9 Å². The standard InChI is InChI=1S/C68H121NO13/c1-3-5-7-9-11-13-15-17-19-21-22-23-24-25-26-27-28-29-30-31-32-33-34-36-37-39-41-43-45-47-49-51-57(72)56(69-60(73)52-50-48-46-44-42-40-38-35-20-18-16-14-12-10-8-6-4-2)55-79-67-65(78)63(76)66(59(54-71)81-67)82-68-64(77)62(75)61(74)58(53-70)80-68/h6,8,12,14,18,20,34,36,41,43,49,51,56-59,61-68,70-72,74-78H,3-5,7,9-11,13,15-17,19,21-33,35,37-40,42,44-48,50,52-55H2,1-2H3,(H,69,73)/b8-6-,14-12-,20-18-,36-34+,43-41+,51-49+. The van der Waals surface area contributed by atoms with E-state index in [1.165, 1.54) is 141 Å². The van der Waals surface area contributed by atoms with Crippen LogP contribution in [0.5, 0.6) is 0 Å². The Balaban J connectivity index is 1.71. The first-order valence-electron chi connectivity index (χ1n) is 33.2. The molecule has 0 radical (unpaired) electrons. The summed E-state index contributed by atoms with van der Waals surface area (Å²) in [6.07, 6.45) is 54.0. The molecule has 0 aromatic rings. The van der Waals surface area contributed by atoms with Gasteiger partial charge < -0.3 is 65.1 Å². The molecule has 12 unspecified atom stereocenters. The lowest BCUT2D eigenvalue weighted by Gasteiger charge is -2.46. The lowest BCUT2D eigenvalue weighted by molar-refractivity contribution is -0.359. The number of nitrogens with one attached hydrogen (secondary N) is 1. The largest absolute Gasteiger partial charge is 0.394 e. The molecule has 0 spiro atoms. The van der Waals surface area contributed by atoms with E-state index in [0.29, 0.717) is 12.8 Å². The number of amides is 1. The predicted octanol–water partition coefficient (Wildman–Crippen LogP) is 12.7. The first-order chi connectivity index (χ1) is 40.1. The number of aliphatic hydroxyl groups is 8. The molecule has 476 valence electrons. The highest BCUT2D eigenvalue weighted by Gasteiger charge is 2.51. The Hall–Kier alpha value is -2.57. The van der Waals surface area contributed by atoms with Gasteiger partial charge in [-0.15, -0.1) is 0 Å². The van der Waals surface area contributed by atoms with Gasteiger partial charge in [-0.2, -0.15) is 0 Å². The van der Waals surface area contributed by atoms with E-state index in [-0.39, 0.29) is 18.9 Å². The molecule has 0 bridgehead atoms. The predicted molar refractivity (Wildman–Crippen MR) is 332 cm³/mol. The second kappa shape index (κ2) is 52.7.